The van der Waals surface area contributed by atoms with Gasteiger partial charge in [-0.05, 0) is 38.3 Å². The number of benzene rings is 1. The lowest BCUT2D eigenvalue weighted by molar-refractivity contribution is -0.384. The number of carbonyl (C=O) groups is 1. The number of non-ortho nitro benzene ring substituents is 1. The largest absolute Gasteiger partial charge is 0.465 e. The van der Waals surface area contributed by atoms with E-state index in [1.165, 1.54) is 6.07 Å². The lowest BCUT2D eigenvalue weighted by atomic mass is 9.96. The van der Waals surface area contributed by atoms with Crippen LogP contribution < -0.4 is 4.90 Å². The number of ether oxygens (including phenoxy) is 1. The average molecular weight is 278 g/mol. The molecule has 1 heterocycles. The standard InChI is InChI=1S/C14H18N2O4/c1-3-20-14(17)9-15-10(2)4-5-11-8-12(16(18)19)6-7-13(11)15/h6-8,10H,3-5,9H2,1-2H3/t10-/m1/s1. The van der Waals surface area contributed by atoms with Crippen molar-refractivity contribution in [3.05, 3.63) is 33.9 Å². The third-order valence-corrected chi connectivity index (χ3v) is 3.55. The Balaban J connectivity index is 2.27. The Kier molecular flexibility index (Phi) is 4.22. The summed E-state index contributed by atoms with van der Waals surface area (Å²) in [6.45, 7) is 4.35. The summed E-state index contributed by atoms with van der Waals surface area (Å²) in [5.41, 5.74) is 1.90. The molecule has 0 saturated heterocycles. The minimum atomic E-state index is -0.395. The molecule has 6 heteroatoms. The number of hydrogen-bond donors (Lipinski definition) is 0. The number of rotatable bonds is 4. The molecule has 0 amide bonds. The van der Waals surface area contributed by atoms with E-state index in [2.05, 4.69) is 0 Å². The van der Waals surface area contributed by atoms with Crippen LogP contribution in [0.3, 0.4) is 0 Å². The molecule has 0 N–H and O–H groups in total. The number of fused-ring (bicyclic) bond motifs is 1. The summed E-state index contributed by atoms with van der Waals surface area (Å²) in [5.74, 6) is -0.273. The zero-order chi connectivity index (χ0) is 14.7. The smallest absolute Gasteiger partial charge is 0.325 e. The van der Waals surface area contributed by atoms with E-state index >= 15 is 0 Å². The van der Waals surface area contributed by atoms with Gasteiger partial charge in [0.2, 0.25) is 0 Å². The van der Waals surface area contributed by atoms with Gasteiger partial charge in [0.15, 0.2) is 0 Å². The van der Waals surface area contributed by atoms with Crippen LogP contribution in [0.25, 0.3) is 0 Å². The monoisotopic (exact) mass is 278 g/mol. The van der Waals surface area contributed by atoms with Gasteiger partial charge in [0.05, 0.1) is 11.5 Å². The molecule has 1 aromatic rings. The first-order valence-corrected chi connectivity index (χ1v) is 6.72. The summed E-state index contributed by atoms with van der Waals surface area (Å²) in [6.07, 6.45) is 1.66. The molecule has 1 aliphatic rings. The van der Waals surface area contributed by atoms with Crippen molar-refractivity contribution in [2.24, 2.45) is 0 Å². The second-order valence-electron chi connectivity index (χ2n) is 4.89. The average Bonchev–Trinajstić information content (AvgIpc) is 2.41. The zero-order valence-corrected chi connectivity index (χ0v) is 11.7. The maximum atomic E-state index is 11.7. The maximum Gasteiger partial charge on any atom is 0.325 e. The Morgan fingerprint density at radius 2 is 2.30 bits per heavy atom. The molecule has 0 saturated carbocycles. The van der Waals surface area contributed by atoms with Crippen molar-refractivity contribution >= 4 is 17.3 Å². The van der Waals surface area contributed by atoms with Crippen LogP contribution in [0.2, 0.25) is 0 Å². The lowest BCUT2D eigenvalue weighted by Gasteiger charge is -2.36. The van der Waals surface area contributed by atoms with Gasteiger partial charge in [0, 0.05) is 23.9 Å². The van der Waals surface area contributed by atoms with Crippen molar-refractivity contribution in [2.75, 3.05) is 18.1 Å². The molecule has 1 aromatic carbocycles. The summed E-state index contributed by atoms with van der Waals surface area (Å²) in [6, 6.07) is 5.02. The van der Waals surface area contributed by atoms with Gasteiger partial charge in [-0.25, -0.2) is 0 Å². The molecule has 0 radical (unpaired) electrons. The molecule has 0 aromatic heterocycles. The molecule has 1 atom stereocenters. The summed E-state index contributed by atoms with van der Waals surface area (Å²) in [5, 5.41) is 10.8. The van der Waals surface area contributed by atoms with Crippen LogP contribution in [0.15, 0.2) is 18.2 Å². The first kappa shape index (κ1) is 14.3. The van der Waals surface area contributed by atoms with Gasteiger partial charge in [-0.2, -0.15) is 0 Å². The SMILES string of the molecule is CCOC(=O)CN1c2ccc([N+](=O)[O-])cc2CC[C@H]1C. The van der Waals surface area contributed by atoms with E-state index in [0.717, 1.165) is 24.1 Å². The number of anilines is 1. The molecule has 0 bridgehead atoms. The first-order valence-electron chi connectivity index (χ1n) is 6.72. The molecular weight excluding hydrogens is 260 g/mol. The number of nitro benzene ring substituents is 1. The minimum Gasteiger partial charge on any atom is -0.465 e. The highest BCUT2D eigenvalue weighted by Crippen LogP contribution is 2.33. The highest BCUT2D eigenvalue weighted by Gasteiger charge is 2.26. The molecular formula is C14H18N2O4. The Bertz CT molecular complexity index is 530. The van der Waals surface area contributed by atoms with Crippen LogP contribution in [-0.2, 0) is 16.0 Å². The van der Waals surface area contributed by atoms with Crippen LogP contribution >= 0.6 is 0 Å². The van der Waals surface area contributed by atoms with E-state index in [1.54, 1.807) is 19.1 Å². The molecule has 0 spiro atoms. The summed E-state index contributed by atoms with van der Waals surface area (Å²) < 4.78 is 4.98. The highest BCUT2D eigenvalue weighted by atomic mass is 16.6. The fourth-order valence-electron chi connectivity index (χ4n) is 2.51. The van der Waals surface area contributed by atoms with E-state index < -0.39 is 4.92 Å². The Labute approximate surface area is 117 Å². The zero-order valence-electron chi connectivity index (χ0n) is 11.7. The van der Waals surface area contributed by atoms with Gasteiger partial charge in [0.25, 0.3) is 5.69 Å². The first-order chi connectivity index (χ1) is 9.52. The van der Waals surface area contributed by atoms with E-state index in [9.17, 15) is 14.9 Å². The van der Waals surface area contributed by atoms with Crippen LogP contribution in [0.1, 0.15) is 25.8 Å². The van der Waals surface area contributed by atoms with E-state index in [0.29, 0.717) is 6.61 Å². The number of nitrogens with zero attached hydrogens (tertiary/aromatic N) is 2. The lowest BCUT2D eigenvalue weighted by Crippen LogP contribution is -2.41. The normalized spacial score (nSPS) is 17.5. The van der Waals surface area contributed by atoms with Crippen LogP contribution in [-0.4, -0.2) is 30.1 Å². The number of nitro groups is 1. The van der Waals surface area contributed by atoms with E-state index in [-0.39, 0.29) is 24.2 Å². The van der Waals surface area contributed by atoms with Crippen molar-refractivity contribution in [2.45, 2.75) is 32.7 Å². The van der Waals surface area contributed by atoms with Crippen LogP contribution in [0.5, 0.6) is 0 Å². The molecule has 0 fully saturated rings. The second kappa shape index (κ2) is 5.90. The van der Waals surface area contributed by atoms with Crippen molar-refractivity contribution < 1.29 is 14.5 Å². The van der Waals surface area contributed by atoms with Gasteiger partial charge < -0.3 is 9.64 Å². The second-order valence-corrected chi connectivity index (χ2v) is 4.89. The number of esters is 1. The molecule has 20 heavy (non-hydrogen) atoms. The topological polar surface area (TPSA) is 72.7 Å². The molecule has 1 aliphatic heterocycles. The third-order valence-electron chi connectivity index (χ3n) is 3.55. The number of aryl methyl sites for hydroxylation is 1. The minimum absolute atomic E-state index is 0.0920. The predicted octanol–water partition coefficient (Wildman–Crippen LogP) is 2.30. The van der Waals surface area contributed by atoms with E-state index in [1.807, 2.05) is 11.8 Å². The Hall–Kier alpha value is -2.11. The van der Waals surface area contributed by atoms with E-state index in [4.69, 9.17) is 4.74 Å². The van der Waals surface area contributed by atoms with Gasteiger partial charge >= 0.3 is 5.97 Å². The Morgan fingerprint density at radius 3 is 2.95 bits per heavy atom. The third kappa shape index (κ3) is 2.89. The molecule has 0 aliphatic carbocycles. The molecule has 2 rings (SSSR count). The summed E-state index contributed by atoms with van der Waals surface area (Å²) in [4.78, 5) is 24.0. The number of carbonyl (C=O) groups excluding carboxylic acids is 1. The van der Waals surface area contributed by atoms with Gasteiger partial charge in [-0.1, -0.05) is 0 Å². The predicted molar refractivity (Wildman–Crippen MR) is 74.9 cm³/mol. The van der Waals surface area contributed by atoms with Crippen molar-refractivity contribution in [3.63, 3.8) is 0 Å². The highest BCUT2D eigenvalue weighted by molar-refractivity contribution is 5.77. The number of hydrogen-bond acceptors (Lipinski definition) is 5. The van der Waals surface area contributed by atoms with Crippen molar-refractivity contribution in [1.29, 1.82) is 0 Å². The Morgan fingerprint density at radius 1 is 1.55 bits per heavy atom. The fourth-order valence-corrected chi connectivity index (χ4v) is 2.51. The van der Waals surface area contributed by atoms with Crippen LogP contribution in [0, 0.1) is 10.1 Å². The van der Waals surface area contributed by atoms with Crippen LogP contribution in [0.4, 0.5) is 11.4 Å². The molecule has 108 valence electrons. The summed E-state index contributed by atoms with van der Waals surface area (Å²) >= 11 is 0. The van der Waals surface area contributed by atoms with Gasteiger partial charge in [-0.3, -0.25) is 14.9 Å². The van der Waals surface area contributed by atoms with Crippen molar-refractivity contribution in [1.82, 2.24) is 0 Å². The molecule has 6 nitrogen and oxygen atoms in total. The summed E-state index contributed by atoms with van der Waals surface area (Å²) in [7, 11) is 0. The fraction of sp³-hybridized carbons (Fsp3) is 0.500. The molecule has 0 unspecified atom stereocenters. The quantitative estimate of drug-likeness (QED) is 0.480. The van der Waals surface area contributed by atoms with Crippen molar-refractivity contribution in [3.8, 4) is 0 Å². The van der Waals surface area contributed by atoms with Gasteiger partial charge in [0.1, 0.15) is 6.54 Å². The maximum absolute atomic E-state index is 11.7. The van der Waals surface area contributed by atoms with Gasteiger partial charge in [-0.15, -0.1) is 0 Å².